The molecule has 1 unspecified atom stereocenters. The summed E-state index contributed by atoms with van der Waals surface area (Å²) in [5, 5.41) is 22.2. The molecule has 3 heteroatoms. The van der Waals surface area contributed by atoms with E-state index in [4.69, 9.17) is 5.11 Å². The van der Waals surface area contributed by atoms with Crippen LogP contribution in [-0.4, -0.2) is 10.2 Å². The number of rotatable bonds is 2. The molecule has 0 fully saturated rings. The molecule has 0 saturated heterocycles. The van der Waals surface area contributed by atoms with Gasteiger partial charge in [-0.3, -0.25) is 0 Å². The molecular weight excluding hydrogens is 202 g/mol. The minimum Gasteiger partial charge on any atom is -0.508 e. The summed E-state index contributed by atoms with van der Waals surface area (Å²) in [7, 11) is 0. The van der Waals surface area contributed by atoms with E-state index in [1.165, 1.54) is 0 Å². The minimum absolute atomic E-state index is 0.195. The Labute approximate surface area is 94.0 Å². The van der Waals surface area contributed by atoms with Crippen LogP contribution in [0.1, 0.15) is 11.7 Å². The fourth-order valence-electron chi connectivity index (χ4n) is 1.49. The fourth-order valence-corrected chi connectivity index (χ4v) is 1.49. The van der Waals surface area contributed by atoms with E-state index in [1.807, 2.05) is 18.2 Å². The van der Waals surface area contributed by atoms with Crippen molar-refractivity contribution >= 4 is 0 Å². The van der Waals surface area contributed by atoms with E-state index < -0.39 is 6.10 Å². The van der Waals surface area contributed by atoms with Crippen molar-refractivity contribution in [3.05, 3.63) is 66.0 Å². The molecular formula is C13H13NO2. The Bertz CT molecular complexity index is 444. The maximum atomic E-state index is 10.1. The maximum absolute atomic E-state index is 10.1. The van der Waals surface area contributed by atoms with Crippen molar-refractivity contribution in [3.8, 4) is 5.75 Å². The van der Waals surface area contributed by atoms with Crippen LogP contribution < -0.4 is 5.32 Å². The van der Waals surface area contributed by atoms with Crippen LogP contribution in [0.5, 0.6) is 5.75 Å². The molecule has 1 atom stereocenters. The van der Waals surface area contributed by atoms with Gasteiger partial charge in [-0.05, 0) is 23.8 Å². The summed E-state index contributed by atoms with van der Waals surface area (Å²) in [4.78, 5) is 0. The Morgan fingerprint density at radius 3 is 2.56 bits per heavy atom. The summed E-state index contributed by atoms with van der Waals surface area (Å²) in [6.07, 6.45) is 8.39. The molecule has 0 aliphatic carbocycles. The van der Waals surface area contributed by atoms with Crippen LogP contribution in [0.15, 0.2) is 60.5 Å². The Hall–Kier alpha value is -2.00. The second kappa shape index (κ2) is 4.68. The van der Waals surface area contributed by atoms with Crippen LogP contribution in [0.4, 0.5) is 0 Å². The van der Waals surface area contributed by atoms with Gasteiger partial charge in [0.2, 0.25) is 0 Å². The number of aliphatic hydroxyl groups excluding tert-OH is 1. The first-order valence-corrected chi connectivity index (χ1v) is 5.04. The van der Waals surface area contributed by atoms with Crippen LogP contribution in [0.2, 0.25) is 0 Å². The smallest absolute Gasteiger partial charge is 0.115 e. The van der Waals surface area contributed by atoms with Gasteiger partial charge in [0, 0.05) is 18.0 Å². The molecule has 3 nitrogen and oxygen atoms in total. The normalized spacial score (nSPS) is 16.2. The van der Waals surface area contributed by atoms with E-state index in [1.54, 1.807) is 36.7 Å². The molecule has 0 saturated carbocycles. The first-order valence-electron chi connectivity index (χ1n) is 5.04. The van der Waals surface area contributed by atoms with Crippen LogP contribution in [0.25, 0.3) is 0 Å². The Kier molecular flexibility index (Phi) is 3.08. The molecule has 1 aliphatic heterocycles. The van der Waals surface area contributed by atoms with Crippen molar-refractivity contribution in [3.63, 3.8) is 0 Å². The van der Waals surface area contributed by atoms with Gasteiger partial charge in [-0.25, -0.2) is 0 Å². The summed E-state index contributed by atoms with van der Waals surface area (Å²) in [6, 6.07) is 6.52. The number of nitrogens with one attached hydrogen (secondary N) is 1. The van der Waals surface area contributed by atoms with Gasteiger partial charge >= 0.3 is 0 Å². The lowest BCUT2D eigenvalue weighted by molar-refractivity contribution is 0.219. The molecule has 1 heterocycles. The lowest BCUT2D eigenvalue weighted by Gasteiger charge is -2.12. The van der Waals surface area contributed by atoms with Crippen LogP contribution in [0.3, 0.4) is 0 Å². The molecule has 0 amide bonds. The quantitative estimate of drug-likeness (QED) is 0.707. The van der Waals surface area contributed by atoms with Gasteiger partial charge in [-0.1, -0.05) is 24.3 Å². The van der Waals surface area contributed by atoms with Crippen molar-refractivity contribution in [1.29, 1.82) is 0 Å². The fraction of sp³-hybridized carbons (Fsp3) is 0.0769. The highest BCUT2D eigenvalue weighted by molar-refractivity contribution is 5.36. The summed E-state index contributed by atoms with van der Waals surface area (Å²) in [5.41, 5.74) is 1.52. The summed E-state index contributed by atoms with van der Waals surface area (Å²) in [6.45, 7) is 0. The van der Waals surface area contributed by atoms with Gasteiger partial charge in [-0.2, -0.15) is 0 Å². The second-order valence-electron chi connectivity index (χ2n) is 3.52. The van der Waals surface area contributed by atoms with Crippen molar-refractivity contribution in [1.82, 2.24) is 5.32 Å². The van der Waals surface area contributed by atoms with Gasteiger partial charge in [-0.15, -0.1) is 0 Å². The van der Waals surface area contributed by atoms with Gasteiger partial charge < -0.3 is 15.5 Å². The highest BCUT2D eigenvalue weighted by atomic mass is 16.3. The number of hydrogen-bond acceptors (Lipinski definition) is 3. The van der Waals surface area contributed by atoms with Gasteiger partial charge in [0.05, 0.1) is 0 Å². The zero-order chi connectivity index (χ0) is 11.4. The topological polar surface area (TPSA) is 52.5 Å². The van der Waals surface area contributed by atoms with E-state index in [0.29, 0.717) is 0 Å². The van der Waals surface area contributed by atoms with E-state index in [2.05, 4.69) is 5.32 Å². The van der Waals surface area contributed by atoms with Gasteiger partial charge in [0.25, 0.3) is 0 Å². The monoisotopic (exact) mass is 215 g/mol. The van der Waals surface area contributed by atoms with E-state index in [0.717, 1.165) is 11.1 Å². The predicted molar refractivity (Wildman–Crippen MR) is 62.6 cm³/mol. The number of aliphatic hydroxyl groups is 1. The lowest BCUT2D eigenvalue weighted by atomic mass is 10.0. The molecule has 16 heavy (non-hydrogen) atoms. The highest BCUT2D eigenvalue weighted by Crippen LogP contribution is 2.24. The number of allylic oxidation sites excluding steroid dienone is 2. The zero-order valence-electron chi connectivity index (χ0n) is 8.67. The minimum atomic E-state index is -0.691. The Balaban J connectivity index is 2.21. The SMILES string of the molecule is Oc1ccc(C(O)C2=CNC=CC=C2)cc1. The average Bonchev–Trinajstić information content (AvgIpc) is 2.57. The average molecular weight is 215 g/mol. The molecule has 1 aliphatic rings. The van der Waals surface area contributed by atoms with Crippen molar-refractivity contribution in [2.24, 2.45) is 0 Å². The summed E-state index contributed by atoms with van der Waals surface area (Å²) < 4.78 is 0. The van der Waals surface area contributed by atoms with E-state index in [-0.39, 0.29) is 5.75 Å². The van der Waals surface area contributed by atoms with Crippen LogP contribution in [-0.2, 0) is 0 Å². The van der Waals surface area contributed by atoms with E-state index >= 15 is 0 Å². The molecule has 0 spiro atoms. The van der Waals surface area contributed by atoms with Crippen LogP contribution in [0, 0.1) is 0 Å². The van der Waals surface area contributed by atoms with Crippen molar-refractivity contribution < 1.29 is 10.2 Å². The molecule has 0 aromatic heterocycles. The molecule has 82 valence electrons. The number of benzene rings is 1. The number of phenolic OH excluding ortho intramolecular Hbond substituents is 1. The van der Waals surface area contributed by atoms with Gasteiger partial charge in [0.15, 0.2) is 0 Å². The molecule has 3 N–H and O–H groups in total. The number of phenols is 1. The molecule has 2 rings (SSSR count). The number of aromatic hydroxyl groups is 1. The first-order chi connectivity index (χ1) is 7.77. The Morgan fingerprint density at radius 2 is 1.81 bits per heavy atom. The standard InChI is InChI=1S/C13H13NO2/c15-12-6-4-10(5-7-12)13(16)11-3-1-2-8-14-9-11/h1-9,13-16H. The largest absolute Gasteiger partial charge is 0.508 e. The van der Waals surface area contributed by atoms with Crippen molar-refractivity contribution in [2.45, 2.75) is 6.10 Å². The molecule has 0 radical (unpaired) electrons. The molecule has 1 aromatic carbocycles. The lowest BCUT2D eigenvalue weighted by Crippen LogP contribution is -2.03. The van der Waals surface area contributed by atoms with Crippen molar-refractivity contribution in [2.75, 3.05) is 0 Å². The third-order valence-electron chi connectivity index (χ3n) is 2.37. The summed E-state index contributed by atoms with van der Waals surface area (Å²) in [5.74, 6) is 0.195. The summed E-state index contributed by atoms with van der Waals surface area (Å²) >= 11 is 0. The first kappa shape index (κ1) is 10.5. The molecule has 0 bridgehead atoms. The third kappa shape index (κ3) is 2.32. The third-order valence-corrected chi connectivity index (χ3v) is 2.37. The van der Waals surface area contributed by atoms with Gasteiger partial charge in [0.1, 0.15) is 11.9 Å². The van der Waals surface area contributed by atoms with E-state index in [9.17, 15) is 5.11 Å². The zero-order valence-corrected chi connectivity index (χ0v) is 8.67. The van der Waals surface area contributed by atoms with Crippen LogP contribution >= 0.6 is 0 Å². The number of hydrogen-bond donors (Lipinski definition) is 3. The Morgan fingerprint density at radius 1 is 1.06 bits per heavy atom. The highest BCUT2D eigenvalue weighted by Gasteiger charge is 2.11. The second-order valence-corrected chi connectivity index (χ2v) is 3.52. The maximum Gasteiger partial charge on any atom is 0.115 e. The predicted octanol–water partition coefficient (Wildman–Crippen LogP) is 1.98. The molecule has 1 aromatic rings.